The van der Waals surface area contributed by atoms with E-state index < -0.39 is 5.97 Å². The van der Waals surface area contributed by atoms with Crippen molar-refractivity contribution in [2.45, 2.75) is 6.54 Å². The largest absolute Gasteiger partial charge is 0.507 e. The molecule has 2 heterocycles. The third-order valence-corrected chi connectivity index (χ3v) is 5.92. The normalized spacial score (nSPS) is 15.1. The van der Waals surface area contributed by atoms with E-state index in [1.165, 1.54) is 35.2 Å². The molecule has 0 unspecified atom stereocenters. The van der Waals surface area contributed by atoms with Crippen molar-refractivity contribution in [3.8, 4) is 17.1 Å². The van der Waals surface area contributed by atoms with E-state index in [9.17, 15) is 19.1 Å². The molecule has 1 aliphatic rings. The van der Waals surface area contributed by atoms with Crippen LogP contribution in [0.25, 0.3) is 17.4 Å². The Morgan fingerprint density at radius 1 is 1.16 bits per heavy atom. The summed E-state index contributed by atoms with van der Waals surface area (Å²) in [4.78, 5) is 25.6. The molecule has 2 N–H and O–H groups in total. The molecule has 31 heavy (non-hydrogen) atoms. The van der Waals surface area contributed by atoms with Crippen molar-refractivity contribution in [2.75, 3.05) is 0 Å². The standard InChI is InChI=1S/C22H14FNO5S2/c23-14-4-1-12(2-5-14)11-24-20(26)19(31-22(24)30)10-15-6-8-18(29-15)13-3-7-16(21(27)28)17(25)9-13/h1-10,25H,11H2,(H,27,28)/b19-10-. The van der Waals surface area contributed by atoms with Gasteiger partial charge in [0.1, 0.15) is 33.0 Å². The van der Waals surface area contributed by atoms with Crippen LogP contribution in [0, 0.1) is 5.82 Å². The van der Waals surface area contributed by atoms with Gasteiger partial charge in [-0.25, -0.2) is 9.18 Å². The van der Waals surface area contributed by atoms with Crippen molar-refractivity contribution in [1.82, 2.24) is 4.90 Å². The molecule has 9 heteroatoms. The molecule has 1 aliphatic heterocycles. The topological polar surface area (TPSA) is 91.0 Å². The molecular formula is C22H14FNO5S2. The van der Waals surface area contributed by atoms with Gasteiger partial charge in [0, 0.05) is 11.6 Å². The molecule has 4 rings (SSSR count). The van der Waals surface area contributed by atoms with Gasteiger partial charge in [-0.1, -0.05) is 42.2 Å². The number of phenols is 1. The zero-order valence-electron chi connectivity index (χ0n) is 15.7. The average Bonchev–Trinajstić information content (AvgIpc) is 3.29. The lowest BCUT2D eigenvalue weighted by atomic mass is 10.1. The smallest absolute Gasteiger partial charge is 0.339 e. The number of amides is 1. The number of rotatable bonds is 5. The summed E-state index contributed by atoms with van der Waals surface area (Å²) in [7, 11) is 0. The first-order valence-corrected chi connectivity index (χ1v) is 10.2. The SMILES string of the molecule is O=C(O)c1ccc(-c2ccc(/C=C3\SC(=S)N(Cc4ccc(F)cc4)C3=O)o2)cc1O. The monoisotopic (exact) mass is 455 g/mol. The lowest BCUT2D eigenvalue weighted by molar-refractivity contribution is -0.122. The molecule has 156 valence electrons. The summed E-state index contributed by atoms with van der Waals surface area (Å²) < 4.78 is 19.2. The highest BCUT2D eigenvalue weighted by atomic mass is 32.2. The summed E-state index contributed by atoms with van der Waals surface area (Å²) in [5, 5.41) is 18.9. The minimum absolute atomic E-state index is 0.208. The molecule has 1 amide bonds. The number of carboxylic acid groups (broad SMARTS) is 1. The zero-order valence-corrected chi connectivity index (χ0v) is 17.4. The number of aromatic hydroxyl groups is 1. The van der Waals surface area contributed by atoms with Gasteiger partial charge < -0.3 is 14.6 Å². The van der Waals surface area contributed by atoms with Crippen molar-refractivity contribution in [2.24, 2.45) is 0 Å². The maximum Gasteiger partial charge on any atom is 0.339 e. The number of carboxylic acids is 1. The number of thioether (sulfide) groups is 1. The summed E-state index contributed by atoms with van der Waals surface area (Å²) in [6.07, 6.45) is 1.57. The summed E-state index contributed by atoms with van der Waals surface area (Å²) in [5.74, 6) is -1.43. The third-order valence-electron chi connectivity index (χ3n) is 4.54. The Bertz CT molecular complexity index is 1230. The second-order valence-corrected chi connectivity index (χ2v) is 8.31. The molecule has 0 radical (unpaired) electrons. The van der Waals surface area contributed by atoms with Crippen LogP contribution < -0.4 is 0 Å². The minimum Gasteiger partial charge on any atom is -0.507 e. The molecule has 0 saturated carbocycles. The summed E-state index contributed by atoms with van der Waals surface area (Å²) >= 11 is 6.45. The third kappa shape index (κ3) is 4.37. The molecule has 2 aromatic carbocycles. The second-order valence-electron chi connectivity index (χ2n) is 6.63. The van der Waals surface area contributed by atoms with Crippen LogP contribution in [0.4, 0.5) is 4.39 Å². The van der Waals surface area contributed by atoms with Gasteiger partial charge >= 0.3 is 5.97 Å². The van der Waals surface area contributed by atoms with Crippen molar-refractivity contribution in [3.63, 3.8) is 0 Å². The Labute approximate surface area is 185 Å². The molecule has 0 spiro atoms. The Morgan fingerprint density at radius 3 is 2.58 bits per heavy atom. The fourth-order valence-electron chi connectivity index (χ4n) is 2.99. The summed E-state index contributed by atoms with van der Waals surface area (Å²) in [6.45, 7) is 0.237. The maximum atomic E-state index is 13.1. The fourth-order valence-corrected chi connectivity index (χ4v) is 4.22. The van der Waals surface area contributed by atoms with E-state index in [1.807, 2.05) is 0 Å². The average molecular weight is 455 g/mol. The first kappa shape index (κ1) is 20.8. The molecule has 1 saturated heterocycles. The number of carbonyl (C=O) groups excluding carboxylic acids is 1. The zero-order chi connectivity index (χ0) is 22.1. The highest BCUT2D eigenvalue weighted by molar-refractivity contribution is 8.26. The van der Waals surface area contributed by atoms with Gasteiger partial charge in [0.2, 0.25) is 0 Å². The summed E-state index contributed by atoms with van der Waals surface area (Å²) in [6, 6.07) is 13.3. The molecule has 0 atom stereocenters. The first-order valence-electron chi connectivity index (χ1n) is 8.98. The van der Waals surface area contributed by atoms with Gasteiger partial charge in [0.15, 0.2) is 0 Å². The van der Waals surface area contributed by atoms with Gasteiger partial charge in [0.25, 0.3) is 5.91 Å². The van der Waals surface area contributed by atoms with E-state index >= 15 is 0 Å². The Kier molecular flexibility index (Phi) is 5.62. The Morgan fingerprint density at radius 2 is 1.90 bits per heavy atom. The van der Waals surface area contributed by atoms with Crippen molar-refractivity contribution in [3.05, 3.63) is 82.2 Å². The van der Waals surface area contributed by atoms with Crippen LogP contribution in [-0.4, -0.2) is 31.3 Å². The maximum absolute atomic E-state index is 13.1. The first-order chi connectivity index (χ1) is 14.8. The molecule has 3 aromatic rings. The van der Waals surface area contributed by atoms with Gasteiger partial charge in [-0.15, -0.1) is 0 Å². The van der Waals surface area contributed by atoms with E-state index in [1.54, 1.807) is 30.3 Å². The number of benzene rings is 2. The van der Waals surface area contributed by atoms with E-state index in [-0.39, 0.29) is 29.6 Å². The number of thiocarbonyl (C=S) groups is 1. The Balaban J connectivity index is 1.53. The molecular weight excluding hydrogens is 441 g/mol. The quantitative estimate of drug-likeness (QED) is 0.418. The molecule has 1 fully saturated rings. The molecule has 1 aromatic heterocycles. The van der Waals surface area contributed by atoms with Crippen molar-refractivity contribution in [1.29, 1.82) is 0 Å². The van der Waals surface area contributed by atoms with Crippen LogP contribution in [0.3, 0.4) is 0 Å². The second kappa shape index (κ2) is 8.37. The molecule has 0 bridgehead atoms. The van der Waals surface area contributed by atoms with Gasteiger partial charge in [-0.3, -0.25) is 9.69 Å². The number of nitrogens with zero attached hydrogens (tertiary/aromatic N) is 1. The van der Waals surface area contributed by atoms with E-state index in [4.69, 9.17) is 21.7 Å². The van der Waals surface area contributed by atoms with Crippen LogP contribution >= 0.6 is 24.0 Å². The van der Waals surface area contributed by atoms with E-state index in [2.05, 4.69) is 0 Å². The predicted octanol–water partition coefficient (Wildman–Crippen LogP) is 4.89. The van der Waals surface area contributed by atoms with Gasteiger partial charge in [0.05, 0.1) is 11.4 Å². The number of halogens is 1. The van der Waals surface area contributed by atoms with E-state index in [0.29, 0.717) is 26.3 Å². The highest BCUT2D eigenvalue weighted by Crippen LogP contribution is 2.35. The van der Waals surface area contributed by atoms with Crippen molar-refractivity contribution < 1.29 is 28.6 Å². The van der Waals surface area contributed by atoms with Crippen LogP contribution in [0.1, 0.15) is 21.7 Å². The van der Waals surface area contributed by atoms with Crippen LogP contribution in [-0.2, 0) is 11.3 Å². The molecule has 6 nitrogen and oxygen atoms in total. The minimum atomic E-state index is -1.23. The van der Waals surface area contributed by atoms with Crippen LogP contribution in [0.5, 0.6) is 5.75 Å². The van der Waals surface area contributed by atoms with Crippen LogP contribution in [0.15, 0.2) is 63.9 Å². The highest BCUT2D eigenvalue weighted by Gasteiger charge is 2.32. The van der Waals surface area contributed by atoms with Crippen molar-refractivity contribution >= 4 is 46.3 Å². The molecule has 0 aliphatic carbocycles. The van der Waals surface area contributed by atoms with E-state index in [0.717, 1.165) is 17.3 Å². The number of furan rings is 1. The van der Waals surface area contributed by atoms with Gasteiger partial charge in [-0.2, -0.15) is 0 Å². The fraction of sp³-hybridized carbons (Fsp3) is 0.0455. The lowest BCUT2D eigenvalue weighted by Crippen LogP contribution is -2.27. The summed E-state index contributed by atoms with van der Waals surface area (Å²) in [5.41, 5.74) is 1.04. The number of carbonyl (C=O) groups is 2. The van der Waals surface area contributed by atoms with Crippen LogP contribution in [0.2, 0.25) is 0 Å². The number of hydrogen-bond acceptors (Lipinski definition) is 6. The lowest BCUT2D eigenvalue weighted by Gasteiger charge is -2.14. The Hall–Kier alpha value is -3.43. The predicted molar refractivity (Wildman–Crippen MR) is 118 cm³/mol. The van der Waals surface area contributed by atoms with Gasteiger partial charge in [-0.05, 0) is 42.0 Å². The number of aromatic carboxylic acids is 1. The number of hydrogen-bond donors (Lipinski definition) is 2.